The second kappa shape index (κ2) is 8.40. The van der Waals surface area contributed by atoms with Crippen molar-refractivity contribution in [1.29, 1.82) is 0 Å². The maximum atomic E-state index is 12.4. The molecule has 2 heterocycles. The van der Waals surface area contributed by atoms with Crippen LogP contribution in [0.25, 0.3) is 0 Å². The number of thiazole rings is 1. The van der Waals surface area contributed by atoms with Crippen molar-refractivity contribution in [2.75, 3.05) is 19.6 Å². The molecule has 1 aromatic heterocycles. The second-order valence-electron chi connectivity index (χ2n) is 6.41. The van der Waals surface area contributed by atoms with Gasteiger partial charge in [-0.1, -0.05) is 12.1 Å². The van der Waals surface area contributed by atoms with Crippen LogP contribution in [-0.2, 0) is 6.42 Å². The number of aromatic nitrogens is 1. The van der Waals surface area contributed by atoms with Crippen LogP contribution in [0.5, 0.6) is 0 Å². The van der Waals surface area contributed by atoms with E-state index in [-0.39, 0.29) is 5.91 Å². The van der Waals surface area contributed by atoms with Gasteiger partial charge < -0.3 is 10.6 Å². The van der Waals surface area contributed by atoms with Crippen LogP contribution in [0.3, 0.4) is 0 Å². The van der Waals surface area contributed by atoms with Gasteiger partial charge in [0.1, 0.15) is 0 Å². The van der Waals surface area contributed by atoms with E-state index < -0.39 is 0 Å². The van der Waals surface area contributed by atoms with Crippen LogP contribution in [0.15, 0.2) is 29.6 Å². The number of benzene rings is 1. The molecule has 1 aromatic carbocycles. The molecule has 0 saturated carbocycles. The van der Waals surface area contributed by atoms with E-state index in [1.165, 1.54) is 18.4 Å². The Morgan fingerprint density at radius 3 is 3.12 bits per heavy atom. The first-order chi connectivity index (χ1) is 11.7. The van der Waals surface area contributed by atoms with Gasteiger partial charge >= 0.3 is 0 Å². The van der Waals surface area contributed by atoms with Gasteiger partial charge in [0.05, 0.1) is 5.01 Å². The van der Waals surface area contributed by atoms with Gasteiger partial charge in [0.25, 0.3) is 5.91 Å². The number of carbonyl (C=O) groups excluding carboxylic acids is 1. The molecule has 2 aromatic rings. The van der Waals surface area contributed by atoms with Crippen LogP contribution < -0.4 is 10.6 Å². The van der Waals surface area contributed by atoms with Crippen molar-refractivity contribution in [3.8, 4) is 0 Å². The molecule has 4 nitrogen and oxygen atoms in total. The molecule has 24 heavy (non-hydrogen) atoms. The van der Waals surface area contributed by atoms with E-state index in [1.807, 2.05) is 19.1 Å². The van der Waals surface area contributed by atoms with Crippen molar-refractivity contribution >= 4 is 17.2 Å². The van der Waals surface area contributed by atoms with Crippen molar-refractivity contribution < 1.29 is 4.79 Å². The van der Waals surface area contributed by atoms with Crippen LogP contribution in [-0.4, -0.2) is 30.5 Å². The highest BCUT2D eigenvalue weighted by Gasteiger charge is 2.16. The fraction of sp³-hybridized carbons (Fsp3) is 0.474. The minimum absolute atomic E-state index is 0.0240. The molecule has 1 aliphatic rings. The summed E-state index contributed by atoms with van der Waals surface area (Å²) in [5.74, 6) is 0.551. The number of aryl methyl sites for hydroxylation is 2. The summed E-state index contributed by atoms with van der Waals surface area (Å²) in [5.41, 5.74) is 3.12. The monoisotopic (exact) mass is 343 g/mol. The molecule has 1 atom stereocenters. The van der Waals surface area contributed by atoms with Crippen molar-refractivity contribution in [2.24, 2.45) is 0 Å². The topological polar surface area (TPSA) is 54.0 Å². The van der Waals surface area contributed by atoms with Gasteiger partial charge in [-0.05, 0) is 56.3 Å². The third-order valence-electron chi connectivity index (χ3n) is 4.44. The van der Waals surface area contributed by atoms with Crippen LogP contribution in [0.2, 0.25) is 0 Å². The van der Waals surface area contributed by atoms with E-state index in [2.05, 4.69) is 33.1 Å². The average molecular weight is 343 g/mol. The summed E-state index contributed by atoms with van der Waals surface area (Å²) in [7, 11) is 0. The lowest BCUT2D eigenvalue weighted by molar-refractivity contribution is 0.0953. The van der Waals surface area contributed by atoms with Gasteiger partial charge in [-0.25, -0.2) is 4.98 Å². The number of nitrogens with zero attached hydrogens (tertiary/aromatic N) is 1. The van der Waals surface area contributed by atoms with Crippen molar-refractivity contribution in [3.05, 3.63) is 51.5 Å². The Balaban J connectivity index is 1.49. The molecule has 2 N–H and O–H groups in total. The molecule has 128 valence electrons. The molecule has 5 heteroatoms. The zero-order valence-corrected chi connectivity index (χ0v) is 15.0. The highest BCUT2D eigenvalue weighted by Crippen LogP contribution is 2.23. The molecule has 3 rings (SSSR count). The highest BCUT2D eigenvalue weighted by molar-refractivity contribution is 7.09. The standard InChI is InChI=1S/C19H25N3OS/c1-14-13-24-18(22-14)8-4-10-21-19(23)16-6-2-5-15(11-16)17-7-3-9-20-12-17/h2,5-6,11,13,17,20H,3-4,7-10,12H2,1H3,(H,21,23)/t17-/m1/s1. The first kappa shape index (κ1) is 17.1. The van der Waals surface area contributed by atoms with E-state index >= 15 is 0 Å². The lowest BCUT2D eigenvalue weighted by atomic mass is 9.90. The minimum Gasteiger partial charge on any atom is -0.352 e. The molecule has 1 saturated heterocycles. The van der Waals surface area contributed by atoms with Crippen LogP contribution in [0.4, 0.5) is 0 Å². The first-order valence-corrected chi connectivity index (χ1v) is 9.60. The summed E-state index contributed by atoms with van der Waals surface area (Å²) in [6, 6.07) is 8.09. The third-order valence-corrected chi connectivity index (χ3v) is 5.46. The summed E-state index contributed by atoms with van der Waals surface area (Å²) in [5, 5.41) is 9.68. The van der Waals surface area contributed by atoms with Crippen molar-refractivity contribution in [2.45, 2.75) is 38.5 Å². The van der Waals surface area contributed by atoms with E-state index in [0.29, 0.717) is 12.5 Å². The normalized spacial score (nSPS) is 17.6. The van der Waals surface area contributed by atoms with E-state index in [1.54, 1.807) is 11.3 Å². The van der Waals surface area contributed by atoms with Crippen LogP contribution in [0.1, 0.15) is 51.8 Å². The number of piperidine rings is 1. The average Bonchev–Trinajstić information content (AvgIpc) is 3.05. The van der Waals surface area contributed by atoms with Crippen molar-refractivity contribution in [1.82, 2.24) is 15.6 Å². The summed E-state index contributed by atoms with van der Waals surface area (Å²) >= 11 is 1.69. The van der Waals surface area contributed by atoms with Crippen molar-refractivity contribution in [3.63, 3.8) is 0 Å². The number of amides is 1. The predicted octanol–water partition coefficient (Wildman–Crippen LogP) is 3.28. The highest BCUT2D eigenvalue weighted by atomic mass is 32.1. The van der Waals surface area contributed by atoms with E-state index in [9.17, 15) is 4.79 Å². The molecular weight excluding hydrogens is 318 g/mol. The summed E-state index contributed by atoms with van der Waals surface area (Å²) in [6.07, 6.45) is 4.25. The summed E-state index contributed by atoms with van der Waals surface area (Å²) in [4.78, 5) is 16.8. The van der Waals surface area contributed by atoms with Gasteiger partial charge in [0, 0.05) is 36.1 Å². The molecule has 0 unspecified atom stereocenters. The SMILES string of the molecule is Cc1csc(CCCNC(=O)c2cccc([C@@H]3CCCNC3)c2)n1. The molecular formula is C19H25N3OS. The smallest absolute Gasteiger partial charge is 0.251 e. The molecule has 0 spiro atoms. The largest absolute Gasteiger partial charge is 0.352 e. The number of carbonyl (C=O) groups is 1. The Kier molecular flexibility index (Phi) is 5.99. The Bertz CT molecular complexity index is 677. The molecule has 0 aliphatic carbocycles. The van der Waals surface area contributed by atoms with Gasteiger partial charge in [-0.2, -0.15) is 0 Å². The predicted molar refractivity (Wildman–Crippen MR) is 98.8 cm³/mol. The lowest BCUT2D eigenvalue weighted by Crippen LogP contribution is -2.29. The summed E-state index contributed by atoms with van der Waals surface area (Å²) < 4.78 is 0. The number of hydrogen-bond acceptors (Lipinski definition) is 4. The molecule has 0 bridgehead atoms. The molecule has 1 aliphatic heterocycles. The van der Waals surface area contributed by atoms with E-state index in [0.717, 1.165) is 42.2 Å². The van der Waals surface area contributed by atoms with Gasteiger partial charge in [-0.3, -0.25) is 4.79 Å². The quantitative estimate of drug-likeness (QED) is 0.792. The van der Waals surface area contributed by atoms with Crippen LogP contribution >= 0.6 is 11.3 Å². The maximum Gasteiger partial charge on any atom is 0.251 e. The number of nitrogens with one attached hydrogen (secondary N) is 2. The Morgan fingerprint density at radius 2 is 2.38 bits per heavy atom. The minimum atomic E-state index is 0.0240. The maximum absolute atomic E-state index is 12.4. The second-order valence-corrected chi connectivity index (χ2v) is 7.35. The van der Waals surface area contributed by atoms with Gasteiger partial charge in [0.15, 0.2) is 0 Å². The van der Waals surface area contributed by atoms with E-state index in [4.69, 9.17) is 0 Å². The number of hydrogen-bond donors (Lipinski definition) is 2. The summed E-state index contributed by atoms with van der Waals surface area (Å²) in [6.45, 7) is 4.82. The van der Waals surface area contributed by atoms with Gasteiger partial charge in [-0.15, -0.1) is 11.3 Å². The fourth-order valence-electron chi connectivity index (χ4n) is 3.13. The zero-order chi connectivity index (χ0) is 16.8. The first-order valence-electron chi connectivity index (χ1n) is 8.72. The van der Waals surface area contributed by atoms with Gasteiger partial charge in [0.2, 0.25) is 0 Å². The lowest BCUT2D eigenvalue weighted by Gasteiger charge is -2.23. The fourth-order valence-corrected chi connectivity index (χ4v) is 3.95. The Labute approximate surface area is 147 Å². The zero-order valence-electron chi connectivity index (χ0n) is 14.2. The molecule has 1 fully saturated rings. The molecule has 1 amide bonds. The number of rotatable bonds is 6. The third kappa shape index (κ3) is 4.65. The Hall–Kier alpha value is -1.72. The molecule has 0 radical (unpaired) electrons. The van der Waals surface area contributed by atoms with Crippen LogP contribution in [0, 0.1) is 6.92 Å². The Morgan fingerprint density at radius 1 is 1.46 bits per heavy atom.